The number of halogens is 1. The molecule has 1 N–H and O–H groups in total. The first-order chi connectivity index (χ1) is 15.6. The van der Waals surface area contributed by atoms with Crippen LogP contribution in [0.4, 0.5) is 4.39 Å². The lowest BCUT2D eigenvalue weighted by Crippen LogP contribution is -2.43. The third-order valence-electron chi connectivity index (χ3n) is 7.00. The Balaban J connectivity index is 1.62. The van der Waals surface area contributed by atoms with Crippen LogP contribution in [0.25, 0.3) is 0 Å². The van der Waals surface area contributed by atoms with Gasteiger partial charge in [-0.1, -0.05) is 6.07 Å². The van der Waals surface area contributed by atoms with Crippen molar-refractivity contribution in [3.8, 4) is 0 Å². The molecule has 0 bridgehead atoms. The quantitative estimate of drug-likeness (QED) is 0.748. The fraction of sp³-hybridized carbons (Fsp3) is 0.480. The number of aromatic nitrogens is 1. The molecule has 2 amide bonds. The Kier molecular flexibility index (Phi) is 6.24. The largest absolute Gasteiger partial charge is 0.385 e. The van der Waals surface area contributed by atoms with E-state index in [1.165, 1.54) is 25.0 Å². The maximum Gasteiger partial charge on any atom is 0.257 e. The number of hydrogen-bond acceptors (Lipinski definition) is 5. The molecule has 0 aliphatic carbocycles. The maximum absolute atomic E-state index is 15.4. The highest BCUT2D eigenvalue weighted by Gasteiger charge is 2.43. The number of ether oxygens (including phenoxy) is 1. The zero-order valence-electron chi connectivity index (χ0n) is 19.5. The molecule has 176 valence electrons. The highest BCUT2D eigenvalue weighted by Crippen LogP contribution is 2.42. The van der Waals surface area contributed by atoms with E-state index in [9.17, 15) is 14.7 Å². The zero-order valence-corrected chi connectivity index (χ0v) is 19.5. The van der Waals surface area contributed by atoms with E-state index in [1.54, 1.807) is 24.1 Å². The predicted molar refractivity (Wildman–Crippen MR) is 120 cm³/mol. The molecule has 2 aliphatic heterocycles. The Bertz CT molecular complexity index is 1060. The third-order valence-corrected chi connectivity index (χ3v) is 7.00. The van der Waals surface area contributed by atoms with Crippen molar-refractivity contribution in [2.75, 3.05) is 20.2 Å². The summed E-state index contributed by atoms with van der Waals surface area (Å²) in [6.45, 7) is 6.39. The van der Waals surface area contributed by atoms with Crippen molar-refractivity contribution >= 4 is 11.8 Å². The number of likely N-dealkylation sites (tertiary alicyclic amines) is 1. The summed E-state index contributed by atoms with van der Waals surface area (Å²) in [5.74, 6) is -1.09. The Morgan fingerprint density at radius 1 is 1.30 bits per heavy atom. The average molecular weight is 456 g/mol. The van der Waals surface area contributed by atoms with E-state index in [-0.39, 0.29) is 35.4 Å². The number of methoxy groups -OCH3 is 1. The maximum atomic E-state index is 15.4. The molecular weight excluding hydrogens is 425 g/mol. The lowest BCUT2D eigenvalue weighted by molar-refractivity contribution is -0.132. The van der Waals surface area contributed by atoms with Crippen LogP contribution in [-0.2, 0) is 21.7 Å². The molecule has 7 nitrogen and oxygen atoms in total. The van der Waals surface area contributed by atoms with Gasteiger partial charge >= 0.3 is 0 Å². The van der Waals surface area contributed by atoms with E-state index in [4.69, 9.17) is 4.74 Å². The minimum absolute atomic E-state index is 0.0102. The van der Waals surface area contributed by atoms with Crippen LogP contribution in [0.5, 0.6) is 0 Å². The number of pyridine rings is 1. The molecule has 1 fully saturated rings. The van der Waals surface area contributed by atoms with Crippen molar-refractivity contribution < 1.29 is 23.8 Å². The van der Waals surface area contributed by atoms with Gasteiger partial charge in [-0.3, -0.25) is 14.6 Å². The lowest BCUT2D eigenvalue weighted by atomic mass is 9.76. The first kappa shape index (κ1) is 23.3. The van der Waals surface area contributed by atoms with Gasteiger partial charge in [0.1, 0.15) is 5.82 Å². The molecule has 2 unspecified atom stereocenters. The first-order valence-electron chi connectivity index (χ1n) is 11.2. The van der Waals surface area contributed by atoms with E-state index in [1.807, 2.05) is 19.1 Å². The van der Waals surface area contributed by atoms with Gasteiger partial charge < -0.3 is 19.6 Å². The van der Waals surface area contributed by atoms with Gasteiger partial charge in [-0.2, -0.15) is 0 Å². The van der Waals surface area contributed by atoms with Crippen LogP contribution in [0.2, 0.25) is 0 Å². The highest BCUT2D eigenvalue weighted by atomic mass is 19.1. The van der Waals surface area contributed by atoms with E-state index >= 15 is 4.39 Å². The van der Waals surface area contributed by atoms with Crippen LogP contribution in [-0.4, -0.2) is 51.9 Å². The molecule has 0 spiro atoms. The van der Waals surface area contributed by atoms with Gasteiger partial charge in [0.25, 0.3) is 5.91 Å². The summed E-state index contributed by atoms with van der Waals surface area (Å²) in [7, 11) is 1.44. The van der Waals surface area contributed by atoms with Gasteiger partial charge in [0.2, 0.25) is 5.91 Å². The van der Waals surface area contributed by atoms with Crippen molar-refractivity contribution in [3.63, 3.8) is 0 Å². The Labute approximate surface area is 193 Å². The Hall–Kier alpha value is -2.84. The third kappa shape index (κ3) is 4.25. The molecule has 2 aromatic rings. The van der Waals surface area contributed by atoms with Crippen molar-refractivity contribution in [1.29, 1.82) is 0 Å². The molecule has 2 atom stereocenters. The summed E-state index contributed by atoms with van der Waals surface area (Å²) in [5, 5.41) is 11.4. The summed E-state index contributed by atoms with van der Waals surface area (Å²) < 4.78 is 20.9. The van der Waals surface area contributed by atoms with Gasteiger partial charge in [0.15, 0.2) is 6.23 Å². The molecule has 0 saturated carbocycles. The minimum atomic E-state index is -1.34. The standard InChI is InChI=1S/C25H30FN3O4/c1-15-5-6-19(27-13-15)14-29-23(31)20-11-18(12-21(26)22(20)24(29)33-4)25(3,32)17-7-9-28(10-8-17)16(2)30/h5-6,11-13,17,24,32H,7-10,14H2,1-4H3. The van der Waals surface area contributed by atoms with Crippen molar-refractivity contribution in [3.05, 3.63) is 64.2 Å². The van der Waals surface area contributed by atoms with E-state index in [2.05, 4.69) is 4.98 Å². The highest BCUT2D eigenvalue weighted by molar-refractivity contribution is 5.99. The molecule has 2 aliphatic rings. The summed E-state index contributed by atoms with van der Waals surface area (Å²) in [4.78, 5) is 32.5. The molecular formula is C25H30FN3O4. The Morgan fingerprint density at radius 2 is 2.00 bits per heavy atom. The number of rotatable bonds is 5. The number of fused-ring (bicyclic) bond motifs is 1. The monoisotopic (exact) mass is 455 g/mol. The second kappa shape index (κ2) is 8.83. The van der Waals surface area contributed by atoms with Gasteiger partial charge in [0, 0.05) is 38.9 Å². The molecule has 1 aromatic heterocycles. The van der Waals surface area contributed by atoms with Crippen molar-refractivity contribution in [2.24, 2.45) is 5.92 Å². The van der Waals surface area contributed by atoms with Crippen LogP contribution in [0.1, 0.15) is 65.7 Å². The average Bonchev–Trinajstić information content (AvgIpc) is 3.06. The molecule has 4 rings (SSSR count). The Morgan fingerprint density at radius 3 is 2.58 bits per heavy atom. The molecule has 33 heavy (non-hydrogen) atoms. The molecule has 0 radical (unpaired) electrons. The number of nitrogens with zero attached hydrogens (tertiary/aromatic N) is 3. The summed E-state index contributed by atoms with van der Waals surface area (Å²) in [6, 6.07) is 6.64. The van der Waals surface area contributed by atoms with Crippen molar-refractivity contribution in [2.45, 2.75) is 52.0 Å². The van der Waals surface area contributed by atoms with Gasteiger partial charge in [0.05, 0.1) is 23.4 Å². The van der Waals surface area contributed by atoms with Crippen LogP contribution in [0.3, 0.4) is 0 Å². The second-order valence-corrected chi connectivity index (χ2v) is 9.20. The smallest absolute Gasteiger partial charge is 0.257 e. The van der Waals surface area contributed by atoms with Crippen LogP contribution in [0.15, 0.2) is 30.5 Å². The number of amides is 2. The minimum Gasteiger partial charge on any atom is -0.385 e. The van der Waals surface area contributed by atoms with E-state index in [0.717, 1.165) is 5.56 Å². The molecule has 1 aromatic carbocycles. The topological polar surface area (TPSA) is 83.0 Å². The first-order valence-corrected chi connectivity index (χ1v) is 11.2. The predicted octanol–water partition coefficient (Wildman–Crippen LogP) is 3.30. The summed E-state index contributed by atoms with van der Waals surface area (Å²) >= 11 is 0. The lowest BCUT2D eigenvalue weighted by Gasteiger charge is -2.39. The fourth-order valence-corrected chi connectivity index (χ4v) is 4.91. The molecule has 1 saturated heterocycles. The van der Waals surface area contributed by atoms with E-state index in [0.29, 0.717) is 37.2 Å². The van der Waals surface area contributed by atoms with Crippen LogP contribution < -0.4 is 0 Å². The van der Waals surface area contributed by atoms with E-state index < -0.39 is 17.6 Å². The number of piperidine rings is 1. The van der Waals surface area contributed by atoms with Gasteiger partial charge in [-0.15, -0.1) is 0 Å². The number of carbonyl (C=O) groups is 2. The number of benzene rings is 1. The number of hydrogen-bond donors (Lipinski definition) is 1. The number of aliphatic hydroxyl groups is 1. The second-order valence-electron chi connectivity index (χ2n) is 9.20. The van der Waals surface area contributed by atoms with Crippen molar-refractivity contribution in [1.82, 2.24) is 14.8 Å². The number of carbonyl (C=O) groups excluding carboxylic acids is 2. The fourth-order valence-electron chi connectivity index (χ4n) is 4.91. The van der Waals surface area contributed by atoms with Gasteiger partial charge in [-0.05, 0) is 61.9 Å². The SMILES string of the molecule is COC1c2c(F)cc(C(C)(O)C3CCN(C(C)=O)CC3)cc2C(=O)N1Cc1ccc(C)cn1. The van der Waals surface area contributed by atoms with Crippen LogP contribution >= 0.6 is 0 Å². The molecule has 3 heterocycles. The summed E-state index contributed by atoms with van der Waals surface area (Å²) in [5.41, 5.74) is 1.08. The van der Waals surface area contributed by atoms with Crippen LogP contribution in [0, 0.1) is 18.7 Å². The normalized spacial score (nSPS) is 20.7. The molecule has 8 heteroatoms. The van der Waals surface area contributed by atoms with Gasteiger partial charge in [-0.25, -0.2) is 4.39 Å². The zero-order chi connectivity index (χ0) is 23.9. The number of aryl methyl sites for hydroxylation is 1. The summed E-state index contributed by atoms with van der Waals surface area (Å²) in [6.07, 6.45) is 2.06.